The van der Waals surface area contributed by atoms with E-state index >= 15 is 0 Å². The predicted octanol–water partition coefficient (Wildman–Crippen LogP) is 0.763. The number of nitrogens with zero attached hydrogens (tertiary/aromatic N) is 3. The fraction of sp³-hybridized carbons (Fsp3) is 0.889. The second-order valence-electron chi connectivity index (χ2n) is 8.89. The molecule has 148 valence electrons. The van der Waals surface area contributed by atoms with Crippen LogP contribution in [0.1, 0.15) is 39.5 Å². The van der Waals surface area contributed by atoms with E-state index < -0.39 is 10.0 Å². The van der Waals surface area contributed by atoms with Crippen molar-refractivity contribution < 1.29 is 18.0 Å². The standard InChI is InChI=1S/C18H31N3O4S/c1-18(2)10-14(18)17(23)21-8-5-6-13-11-20(12-15(13)21)16(22)7-9-26(24,25)19(3)4/h13-15H,5-12H2,1-4H3/t13-,14+,15+/m0/s1. The summed E-state index contributed by atoms with van der Waals surface area (Å²) in [5.41, 5.74) is 0.110. The van der Waals surface area contributed by atoms with Gasteiger partial charge in [-0.1, -0.05) is 13.8 Å². The van der Waals surface area contributed by atoms with Crippen LogP contribution >= 0.6 is 0 Å². The third-order valence-corrected chi connectivity index (χ3v) is 8.19. The molecule has 0 aromatic carbocycles. The molecule has 0 unspecified atom stereocenters. The first-order chi connectivity index (χ1) is 12.0. The Bertz CT molecular complexity index is 689. The molecule has 2 heterocycles. The van der Waals surface area contributed by atoms with E-state index in [-0.39, 0.29) is 41.4 Å². The topological polar surface area (TPSA) is 78.0 Å². The molecule has 0 spiro atoms. The van der Waals surface area contributed by atoms with Crippen molar-refractivity contribution in [3.05, 3.63) is 0 Å². The molecule has 2 aliphatic heterocycles. The minimum absolute atomic E-state index is 0.00353. The van der Waals surface area contributed by atoms with Crippen molar-refractivity contribution in [2.45, 2.75) is 45.6 Å². The van der Waals surface area contributed by atoms with Crippen molar-refractivity contribution in [3.63, 3.8) is 0 Å². The van der Waals surface area contributed by atoms with Crippen LogP contribution in [0, 0.1) is 17.3 Å². The molecular formula is C18H31N3O4S. The maximum absolute atomic E-state index is 12.9. The van der Waals surface area contributed by atoms with Gasteiger partial charge in [0.1, 0.15) is 0 Å². The summed E-state index contributed by atoms with van der Waals surface area (Å²) in [5, 5.41) is 0. The number of piperidine rings is 1. The molecule has 0 N–H and O–H groups in total. The fourth-order valence-electron chi connectivity index (χ4n) is 4.30. The van der Waals surface area contributed by atoms with Gasteiger partial charge in [-0.05, 0) is 30.6 Å². The molecule has 2 amide bonds. The van der Waals surface area contributed by atoms with E-state index in [0.29, 0.717) is 19.0 Å². The van der Waals surface area contributed by atoms with Crippen LogP contribution in [0.4, 0.5) is 0 Å². The summed E-state index contributed by atoms with van der Waals surface area (Å²) in [5.74, 6) is 0.405. The van der Waals surface area contributed by atoms with Gasteiger partial charge in [-0.3, -0.25) is 9.59 Å². The minimum atomic E-state index is -3.37. The molecule has 8 heteroatoms. The van der Waals surface area contributed by atoms with Gasteiger partial charge >= 0.3 is 0 Å². The Balaban J connectivity index is 1.60. The lowest BCUT2D eigenvalue weighted by Crippen LogP contribution is -2.49. The van der Waals surface area contributed by atoms with E-state index in [9.17, 15) is 18.0 Å². The molecule has 3 rings (SSSR count). The Hall–Kier alpha value is -1.15. The summed E-state index contributed by atoms with van der Waals surface area (Å²) in [7, 11) is -0.409. The van der Waals surface area contributed by atoms with E-state index in [1.807, 2.05) is 4.90 Å². The smallest absolute Gasteiger partial charge is 0.226 e. The highest BCUT2D eigenvalue weighted by molar-refractivity contribution is 7.89. The molecule has 0 bridgehead atoms. The van der Waals surface area contributed by atoms with E-state index in [0.717, 1.165) is 30.1 Å². The van der Waals surface area contributed by atoms with Gasteiger partial charge in [0.05, 0.1) is 11.8 Å². The highest BCUT2D eigenvalue weighted by atomic mass is 32.2. The molecule has 1 saturated carbocycles. The first-order valence-corrected chi connectivity index (χ1v) is 11.1. The van der Waals surface area contributed by atoms with Crippen molar-refractivity contribution in [2.24, 2.45) is 17.3 Å². The molecule has 7 nitrogen and oxygen atoms in total. The van der Waals surface area contributed by atoms with Crippen molar-refractivity contribution in [1.82, 2.24) is 14.1 Å². The van der Waals surface area contributed by atoms with Crippen molar-refractivity contribution in [1.29, 1.82) is 0 Å². The first kappa shape index (κ1) is 19.6. The lowest BCUT2D eigenvalue weighted by atomic mass is 9.91. The molecule has 3 fully saturated rings. The molecule has 0 aromatic heterocycles. The van der Waals surface area contributed by atoms with Gasteiger partial charge in [0, 0.05) is 46.1 Å². The van der Waals surface area contributed by atoms with E-state index in [4.69, 9.17) is 0 Å². The summed E-state index contributed by atoms with van der Waals surface area (Å²) in [6, 6.07) is 0.0991. The van der Waals surface area contributed by atoms with Gasteiger partial charge in [-0.2, -0.15) is 0 Å². The normalized spacial score (nSPS) is 30.4. The second-order valence-corrected chi connectivity index (χ2v) is 11.2. The van der Waals surface area contributed by atoms with Gasteiger partial charge in [0.25, 0.3) is 0 Å². The quantitative estimate of drug-likeness (QED) is 0.700. The summed E-state index contributed by atoms with van der Waals surface area (Å²) < 4.78 is 24.9. The lowest BCUT2D eigenvalue weighted by molar-refractivity contribution is -0.138. The summed E-state index contributed by atoms with van der Waals surface area (Å²) >= 11 is 0. The average Bonchev–Trinajstić information content (AvgIpc) is 3.01. The Morgan fingerprint density at radius 3 is 2.42 bits per heavy atom. The number of hydrogen-bond acceptors (Lipinski definition) is 4. The van der Waals surface area contributed by atoms with Gasteiger partial charge in [0.2, 0.25) is 21.8 Å². The number of sulfonamides is 1. The van der Waals surface area contributed by atoms with Crippen molar-refractivity contribution >= 4 is 21.8 Å². The molecule has 0 aromatic rings. The molecule has 2 saturated heterocycles. The van der Waals surface area contributed by atoms with Crippen LogP contribution in [0.5, 0.6) is 0 Å². The van der Waals surface area contributed by atoms with E-state index in [2.05, 4.69) is 13.8 Å². The summed E-state index contributed by atoms with van der Waals surface area (Å²) in [4.78, 5) is 29.2. The van der Waals surface area contributed by atoms with Crippen LogP contribution in [0.15, 0.2) is 0 Å². The van der Waals surface area contributed by atoms with Gasteiger partial charge < -0.3 is 9.80 Å². The number of carbonyl (C=O) groups is 2. The van der Waals surface area contributed by atoms with Crippen LogP contribution < -0.4 is 0 Å². The largest absolute Gasteiger partial charge is 0.340 e. The van der Waals surface area contributed by atoms with Crippen LogP contribution in [0.2, 0.25) is 0 Å². The van der Waals surface area contributed by atoms with Crippen LogP contribution in [0.3, 0.4) is 0 Å². The summed E-state index contributed by atoms with van der Waals surface area (Å²) in [6.07, 6.45) is 2.97. The van der Waals surface area contributed by atoms with Crippen LogP contribution in [0.25, 0.3) is 0 Å². The average molecular weight is 386 g/mol. The number of fused-ring (bicyclic) bond motifs is 1. The number of hydrogen-bond donors (Lipinski definition) is 0. The molecule has 3 aliphatic rings. The highest BCUT2D eigenvalue weighted by Gasteiger charge is 2.54. The third kappa shape index (κ3) is 3.76. The third-order valence-electron chi connectivity index (χ3n) is 6.36. The molecule has 3 atom stereocenters. The fourth-order valence-corrected chi connectivity index (χ4v) is 5.10. The Labute approximate surface area is 156 Å². The maximum Gasteiger partial charge on any atom is 0.226 e. The maximum atomic E-state index is 12.9. The Morgan fingerprint density at radius 2 is 1.85 bits per heavy atom. The monoisotopic (exact) mass is 385 g/mol. The first-order valence-electron chi connectivity index (χ1n) is 9.51. The number of likely N-dealkylation sites (tertiary alicyclic amines) is 2. The van der Waals surface area contributed by atoms with Crippen LogP contribution in [-0.2, 0) is 19.6 Å². The molecular weight excluding hydrogens is 354 g/mol. The zero-order valence-corrected chi connectivity index (χ0v) is 17.1. The molecule has 0 radical (unpaired) electrons. The Morgan fingerprint density at radius 1 is 1.19 bits per heavy atom. The van der Waals surface area contributed by atoms with Crippen molar-refractivity contribution in [3.8, 4) is 0 Å². The zero-order valence-electron chi connectivity index (χ0n) is 16.3. The Kier molecular flexibility index (Phi) is 5.11. The lowest BCUT2D eigenvalue weighted by Gasteiger charge is -2.37. The number of carbonyl (C=O) groups excluding carboxylic acids is 2. The molecule has 26 heavy (non-hydrogen) atoms. The van der Waals surface area contributed by atoms with Gasteiger partial charge in [-0.15, -0.1) is 0 Å². The van der Waals surface area contributed by atoms with Crippen LogP contribution in [-0.4, -0.2) is 79.9 Å². The number of rotatable bonds is 5. The molecule has 1 aliphatic carbocycles. The van der Waals surface area contributed by atoms with E-state index in [1.54, 1.807) is 4.90 Å². The summed E-state index contributed by atoms with van der Waals surface area (Å²) in [6.45, 7) is 6.23. The van der Waals surface area contributed by atoms with Gasteiger partial charge in [-0.25, -0.2) is 12.7 Å². The highest BCUT2D eigenvalue weighted by Crippen LogP contribution is 2.53. The SMILES string of the molecule is CN(C)S(=O)(=O)CCC(=O)N1C[C@@H]2CCCN(C(=O)[C@H]3CC3(C)C)[C@@H]2C1. The predicted molar refractivity (Wildman–Crippen MR) is 98.8 cm³/mol. The number of amides is 2. The second kappa shape index (κ2) is 6.78. The minimum Gasteiger partial charge on any atom is -0.340 e. The van der Waals surface area contributed by atoms with E-state index in [1.165, 1.54) is 14.1 Å². The van der Waals surface area contributed by atoms with Crippen molar-refractivity contribution in [2.75, 3.05) is 39.5 Å². The zero-order chi connectivity index (χ0) is 19.3. The van der Waals surface area contributed by atoms with Gasteiger partial charge in [0.15, 0.2) is 0 Å².